The minimum absolute atomic E-state index is 0.0659. The second kappa shape index (κ2) is 7.53. The third-order valence-electron chi connectivity index (χ3n) is 1.99. The Morgan fingerprint density at radius 1 is 1.11 bits per heavy atom. The lowest BCUT2D eigenvalue weighted by atomic mass is 10.2. The van der Waals surface area contributed by atoms with Crippen molar-refractivity contribution < 1.29 is 27.5 Å². The maximum atomic E-state index is 13.9. The summed E-state index contributed by atoms with van der Waals surface area (Å²) in [5.41, 5.74) is -3.53. The molecule has 0 aliphatic heterocycles. The molecule has 7 heteroatoms. The first kappa shape index (κ1) is 18.0. The van der Waals surface area contributed by atoms with Crippen molar-refractivity contribution in [3.8, 4) is 0 Å². The number of rotatable bonds is 9. The van der Waals surface area contributed by atoms with E-state index >= 15 is 0 Å². The summed E-state index contributed by atoms with van der Waals surface area (Å²) in [6.07, 6.45) is -1.55. The molecule has 0 aromatic rings. The smallest absolute Gasteiger partial charge is 0.396 e. The Hall–Kier alpha value is -0.0300. The molecule has 110 valence electrons. The van der Waals surface area contributed by atoms with Gasteiger partial charge in [0.05, 0.1) is 12.2 Å². The topological polar surface area (TPSA) is 55.8 Å². The first-order valence-corrected chi connectivity index (χ1v) is 7.64. The van der Waals surface area contributed by atoms with Crippen LogP contribution in [-0.4, -0.2) is 29.6 Å². The molecule has 0 aromatic heterocycles. The first-order valence-electron chi connectivity index (χ1n) is 6.10. The lowest BCUT2D eigenvalue weighted by Gasteiger charge is -2.29. The molecular weight excluding hydrogens is 265 g/mol. The van der Waals surface area contributed by atoms with Crippen molar-refractivity contribution in [3.63, 3.8) is 0 Å². The van der Waals surface area contributed by atoms with Crippen molar-refractivity contribution >= 4 is 7.60 Å². The average molecular weight is 288 g/mol. The summed E-state index contributed by atoms with van der Waals surface area (Å²) in [5.74, 6) is 0. The number of hydrogen-bond acceptors (Lipinski definition) is 4. The van der Waals surface area contributed by atoms with E-state index in [2.05, 4.69) is 0 Å². The van der Waals surface area contributed by atoms with Crippen LogP contribution in [0.4, 0.5) is 8.78 Å². The van der Waals surface area contributed by atoms with Crippen molar-refractivity contribution in [3.05, 3.63) is 0 Å². The molecule has 0 saturated carbocycles. The fourth-order valence-corrected chi connectivity index (χ4v) is 3.22. The second-order valence-corrected chi connectivity index (χ2v) is 6.72. The van der Waals surface area contributed by atoms with Crippen LogP contribution in [0.25, 0.3) is 0 Å². The van der Waals surface area contributed by atoms with Crippen molar-refractivity contribution in [2.24, 2.45) is 0 Å². The van der Waals surface area contributed by atoms with E-state index in [1.807, 2.05) is 0 Å². The minimum Gasteiger partial charge on any atom is -0.396 e. The molecule has 0 saturated heterocycles. The van der Waals surface area contributed by atoms with E-state index in [1.54, 1.807) is 0 Å². The molecule has 0 aliphatic rings. The third-order valence-corrected chi connectivity index (χ3v) is 4.41. The molecule has 1 N–H and O–H groups in total. The van der Waals surface area contributed by atoms with E-state index in [4.69, 9.17) is 14.2 Å². The van der Waals surface area contributed by atoms with E-state index in [1.165, 1.54) is 27.7 Å². The SMILES string of the molecule is CC(C)OP(=O)(OC(C)C)C(F)(F)CCCCO. The monoisotopic (exact) mass is 288 g/mol. The molecule has 0 bridgehead atoms. The predicted octanol–water partition coefficient (Wildman–Crippen LogP) is 3.78. The molecule has 0 amide bonds. The van der Waals surface area contributed by atoms with Gasteiger partial charge in [0.25, 0.3) is 0 Å². The van der Waals surface area contributed by atoms with Gasteiger partial charge in [-0.15, -0.1) is 0 Å². The number of alkyl halides is 2. The number of aliphatic hydroxyl groups excluding tert-OH is 1. The Morgan fingerprint density at radius 2 is 1.56 bits per heavy atom. The van der Waals surface area contributed by atoms with Crippen LogP contribution in [0.2, 0.25) is 0 Å². The Morgan fingerprint density at radius 3 is 1.89 bits per heavy atom. The van der Waals surface area contributed by atoms with Crippen LogP contribution in [0.3, 0.4) is 0 Å². The zero-order valence-electron chi connectivity index (χ0n) is 11.4. The van der Waals surface area contributed by atoms with Crippen LogP contribution >= 0.6 is 7.60 Å². The Balaban J connectivity index is 4.86. The molecule has 18 heavy (non-hydrogen) atoms. The summed E-state index contributed by atoms with van der Waals surface area (Å²) in [4.78, 5) is 0. The van der Waals surface area contributed by atoms with Gasteiger partial charge >= 0.3 is 13.3 Å². The quantitative estimate of drug-likeness (QED) is 0.518. The summed E-state index contributed by atoms with van der Waals surface area (Å²) >= 11 is 0. The second-order valence-electron chi connectivity index (χ2n) is 4.65. The van der Waals surface area contributed by atoms with E-state index in [0.29, 0.717) is 0 Å². The van der Waals surface area contributed by atoms with Gasteiger partial charge in [-0.1, -0.05) is 0 Å². The van der Waals surface area contributed by atoms with E-state index < -0.39 is 31.9 Å². The Labute approximate surface area is 107 Å². The summed E-state index contributed by atoms with van der Waals surface area (Å²) in [6.45, 7) is 5.94. The lowest BCUT2D eigenvalue weighted by Crippen LogP contribution is -2.24. The molecule has 0 spiro atoms. The third kappa shape index (κ3) is 5.74. The van der Waals surface area contributed by atoms with Crippen LogP contribution in [0.5, 0.6) is 0 Å². The van der Waals surface area contributed by atoms with E-state index in [-0.39, 0.29) is 19.4 Å². The highest BCUT2D eigenvalue weighted by Crippen LogP contribution is 2.65. The van der Waals surface area contributed by atoms with Crippen LogP contribution in [0, 0.1) is 0 Å². The van der Waals surface area contributed by atoms with Gasteiger partial charge in [0.2, 0.25) is 0 Å². The van der Waals surface area contributed by atoms with Crippen LogP contribution in [0.15, 0.2) is 0 Å². The number of halogens is 2. The minimum atomic E-state index is -4.49. The van der Waals surface area contributed by atoms with Gasteiger partial charge in [-0.25, -0.2) is 0 Å². The lowest BCUT2D eigenvalue weighted by molar-refractivity contribution is 0.0116. The fourth-order valence-electron chi connectivity index (χ4n) is 1.32. The zero-order valence-corrected chi connectivity index (χ0v) is 12.3. The molecule has 4 nitrogen and oxygen atoms in total. The molecule has 0 rings (SSSR count). The van der Waals surface area contributed by atoms with Crippen molar-refractivity contribution in [1.29, 1.82) is 0 Å². The predicted molar refractivity (Wildman–Crippen MR) is 65.9 cm³/mol. The molecule has 0 unspecified atom stereocenters. The molecule has 0 fully saturated rings. The summed E-state index contributed by atoms with van der Waals surface area (Å²) < 4.78 is 49.8. The standard InChI is InChI=1S/C11H23F2O4P/c1-9(2)16-18(15,17-10(3)4)11(12,13)7-5-6-8-14/h9-10,14H,5-8H2,1-4H3. The van der Waals surface area contributed by atoms with Gasteiger partial charge in [0, 0.05) is 13.0 Å². The molecule has 0 heterocycles. The highest BCUT2D eigenvalue weighted by molar-refractivity contribution is 7.55. The Kier molecular flexibility index (Phi) is 7.52. The average Bonchev–Trinajstić information content (AvgIpc) is 2.14. The van der Waals surface area contributed by atoms with Crippen molar-refractivity contribution in [2.75, 3.05) is 6.61 Å². The van der Waals surface area contributed by atoms with Crippen LogP contribution in [0.1, 0.15) is 47.0 Å². The van der Waals surface area contributed by atoms with Crippen LogP contribution in [-0.2, 0) is 13.6 Å². The van der Waals surface area contributed by atoms with Crippen molar-refractivity contribution in [2.45, 2.75) is 64.8 Å². The van der Waals surface area contributed by atoms with Crippen molar-refractivity contribution in [1.82, 2.24) is 0 Å². The Bertz CT molecular complexity index is 268. The number of unbranched alkanes of at least 4 members (excludes halogenated alkanes) is 1. The summed E-state index contributed by atoms with van der Waals surface area (Å²) in [5, 5.41) is 8.58. The molecule has 0 radical (unpaired) electrons. The first-order chi connectivity index (χ1) is 8.14. The highest BCUT2D eigenvalue weighted by Gasteiger charge is 2.53. The summed E-state index contributed by atoms with van der Waals surface area (Å²) in [7, 11) is -4.49. The maximum absolute atomic E-state index is 13.9. The van der Waals surface area contributed by atoms with E-state index in [9.17, 15) is 13.3 Å². The number of aliphatic hydroxyl groups is 1. The van der Waals surface area contributed by atoms with Gasteiger partial charge in [-0.3, -0.25) is 4.57 Å². The summed E-state index contributed by atoms with van der Waals surface area (Å²) in [6, 6.07) is 0. The maximum Gasteiger partial charge on any atom is 0.400 e. The van der Waals surface area contributed by atoms with E-state index in [0.717, 1.165) is 0 Å². The highest BCUT2D eigenvalue weighted by atomic mass is 31.2. The van der Waals surface area contributed by atoms with Crippen LogP contribution < -0.4 is 0 Å². The van der Waals surface area contributed by atoms with Gasteiger partial charge < -0.3 is 14.2 Å². The van der Waals surface area contributed by atoms with Gasteiger partial charge in [0.1, 0.15) is 0 Å². The molecule has 0 aliphatic carbocycles. The molecule has 0 atom stereocenters. The zero-order chi connectivity index (χ0) is 14.4. The largest absolute Gasteiger partial charge is 0.400 e. The molecule has 0 aromatic carbocycles. The van der Waals surface area contributed by atoms with Gasteiger partial charge in [-0.05, 0) is 40.5 Å². The molecular formula is C11H23F2O4P. The normalized spacial score (nSPS) is 13.6. The van der Waals surface area contributed by atoms with Gasteiger partial charge in [0.15, 0.2) is 0 Å². The van der Waals surface area contributed by atoms with Gasteiger partial charge in [-0.2, -0.15) is 8.78 Å². The number of hydrogen-bond donors (Lipinski definition) is 1. The fraction of sp³-hybridized carbons (Fsp3) is 1.00.